The van der Waals surface area contributed by atoms with E-state index < -0.39 is 0 Å². The molecule has 1 aromatic carbocycles. The minimum absolute atomic E-state index is 0.396. The summed E-state index contributed by atoms with van der Waals surface area (Å²) < 4.78 is 2.08. The molecule has 0 spiro atoms. The second-order valence-electron chi connectivity index (χ2n) is 5.43. The van der Waals surface area contributed by atoms with Gasteiger partial charge in [-0.05, 0) is 40.2 Å². The Kier molecular flexibility index (Phi) is 3.93. The maximum Gasteiger partial charge on any atom is 0.0828 e. The van der Waals surface area contributed by atoms with Crippen molar-refractivity contribution in [2.45, 2.75) is 47.2 Å². The summed E-state index contributed by atoms with van der Waals surface area (Å²) in [7, 11) is 0. The Hall–Kier alpha value is -1.77. The van der Waals surface area contributed by atoms with Gasteiger partial charge < -0.3 is 5.32 Å². The fraction of sp³-hybridized carbons (Fsp3) is 0.438. The lowest BCUT2D eigenvalue weighted by Gasteiger charge is -2.10. The number of anilines is 1. The van der Waals surface area contributed by atoms with E-state index in [-0.39, 0.29) is 0 Å². The molecule has 1 aromatic heterocycles. The highest BCUT2D eigenvalue weighted by Gasteiger charge is 2.12. The average Bonchev–Trinajstić information content (AvgIpc) is 2.63. The molecule has 1 heterocycles. The molecule has 19 heavy (non-hydrogen) atoms. The number of hydrogen-bond donors (Lipinski definition) is 1. The summed E-state index contributed by atoms with van der Waals surface area (Å²) in [5.41, 5.74) is 6.04. The molecule has 2 aromatic rings. The van der Waals surface area contributed by atoms with Crippen molar-refractivity contribution in [3.63, 3.8) is 0 Å². The molecule has 0 aliphatic carbocycles. The van der Waals surface area contributed by atoms with Crippen molar-refractivity contribution in [1.29, 1.82) is 0 Å². The molecule has 0 atom stereocenters. The fourth-order valence-corrected chi connectivity index (χ4v) is 2.43. The van der Waals surface area contributed by atoms with Crippen molar-refractivity contribution < 1.29 is 0 Å². The molecule has 3 heteroatoms. The molecule has 0 aliphatic rings. The topological polar surface area (TPSA) is 29.9 Å². The van der Waals surface area contributed by atoms with Crippen LogP contribution in [0.3, 0.4) is 0 Å². The Morgan fingerprint density at radius 3 is 2.53 bits per heavy atom. The van der Waals surface area contributed by atoms with E-state index in [0.717, 1.165) is 17.9 Å². The van der Waals surface area contributed by atoms with Gasteiger partial charge in [-0.2, -0.15) is 5.10 Å². The van der Waals surface area contributed by atoms with Crippen LogP contribution in [-0.2, 0) is 6.54 Å². The van der Waals surface area contributed by atoms with Crippen molar-refractivity contribution in [2.24, 2.45) is 0 Å². The molecule has 0 saturated carbocycles. The predicted molar refractivity (Wildman–Crippen MR) is 80.6 cm³/mol. The van der Waals surface area contributed by atoms with E-state index in [1.807, 2.05) is 0 Å². The van der Waals surface area contributed by atoms with E-state index in [2.05, 4.69) is 74.0 Å². The Bertz CT molecular complexity index is 567. The molecule has 0 fully saturated rings. The van der Waals surface area contributed by atoms with Crippen molar-refractivity contribution in [2.75, 3.05) is 5.32 Å². The monoisotopic (exact) mass is 257 g/mol. The molecule has 0 aliphatic heterocycles. The molecular weight excluding hydrogens is 234 g/mol. The maximum atomic E-state index is 4.59. The molecule has 102 valence electrons. The van der Waals surface area contributed by atoms with Gasteiger partial charge in [0.1, 0.15) is 0 Å². The third kappa shape index (κ3) is 2.98. The van der Waals surface area contributed by atoms with E-state index in [0.29, 0.717) is 6.04 Å². The highest BCUT2D eigenvalue weighted by Crippen LogP contribution is 2.23. The fourth-order valence-electron chi connectivity index (χ4n) is 2.43. The van der Waals surface area contributed by atoms with Gasteiger partial charge in [0.2, 0.25) is 0 Å². The van der Waals surface area contributed by atoms with E-state index in [9.17, 15) is 0 Å². The van der Waals surface area contributed by atoms with Crippen molar-refractivity contribution in [1.82, 2.24) is 9.78 Å². The number of hydrogen-bond acceptors (Lipinski definition) is 2. The molecule has 0 unspecified atom stereocenters. The molecule has 0 radical (unpaired) electrons. The van der Waals surface area contributed by atoms with Crippen molar-refractivity contribution in [3.8, 4) is 0 Å². The lowest BCUT2D eigenvalue weighted by atomic mass is 10.1. The van der Waals surface area contributed by atoms with Crippen LogP contribution in [0.5, 0.6) is 0 Å². The highest BCUT2D eigenvalue weighted by atomic mass is 15.3. The van der Waals surface area contributed by atoms with Crippen LogP contribution >= 0.6 is 0 Å². The molecule has 0 saturated heterocycles. The number of nitrogens with zero attached hydrogens (tertiary/aromatic N) is 2. The Morgan fingerprint density at radius 1 is 1.21 bits per heavy atom. The standard InChI is InChI=1S/C16H23N3/c1-11(2)19-14(5)16(13(4)18-19)17-10-15-8-6-7-12(3)9-15/h6-9,11,17H,10H2,1-5H3. The summed E-state index contributed by atoms with van der Waals surface area (Å²) in [5.74, 6) is 0. The van der Waals surface area contributed by atoms with Gasteiger partial charge in [-0.1, -0.05) is 29.8 Å². The predicted octanol–water partition coefficient (Wildman–Crippen LogP) is 4.00. The normalized spacial score (nSPS) is 11.1. The summed E-state index contributed by atoms with van der Waals surface area (Å²) >= 11 is 0. The number of aryl methyl sites for hydroxylation is 2. The zero-order valence-electron chi connectivity index (χ0n) is 12.5. The molecule has 0 amide bonds. The number of aromatic nitrogens is 2. The van der Waals surface area contributed by atoms with Crippen LogP contribution in [0.4, 0.5) is 5.69 Å². The van der Waals surface area contributed by atoms with Gasteiger partial charge in [0.05, 0.1) is 17.1 Å². The SMILES string of the molecule is Cc1cccc(CNc2c(C)nn(C(C)C)c2C)c1. The van der Waals surface area contributed by atoms with E-state index in [1.165, 1.54) is 16.8 Å². The van der Waals surface area contributed by atoms with Gasteiger partial charge in [0.15, 0.2) is 0 Å². The first-order chi connectivity index (χ1) is 8.99. The first kappa shape index (κ1) is 13.7. The number of benzene rings is 1. The first-order valence-electron chi connectivity index (χ1n) is 6.84. The molecular formula is C16H23N3. The smallest absolute Gasteiger partial charge is 0.0828 e. The van der Waals surface area contributed by atoms with Gasteiger partial charge >= 0.3 is 0 Å². The second-order valence-corrected chi connectivity index (χ2v) is 5.43. The minimum atomic E-state index is 0.396. The lowest BCUT2D eigenvalue weighted by Crippen LogP contribution is -2.06. The van der Waals surface area contributed by atoms with Gasteiger partial charge in [0.25, 0.3) is 0 Å². The van der Waals surface area contributed by atoms with E-state index in [4.69, 9.17) is 0 Å². The van der Waals surface area contributed by atoms with Crippen LogP contribution in [0.25, 0.3) is 0 Å². The second kappa shape index (κ2) is 5.47. The Balaban J connectivity index is 2.16. The van der Waals surface area contributed by atoms with Crippen LogP contribution in [0.15, 0.2) is 24.3 Å². The maximum absolute atomic E-state index is 4.59. The zero-order chi connectivity index (χ0) is 14.0. The third-order valence-corrected chi connectivity index (χ3v) is 3.37. The Labute approximate surface area is 115 Å². The molecule has 2 rings (SSSR count). The van der Waals surface area contributed by atoms with Crippen molar-refractivity contribution in [3.05, 3.63) is 46.8 Å². The van der Waals surface area contributed by atoms with Crippen molar-refractivity contribution >= 4 is 5.69 Å². The molecule has 0 bridgehead atoms. The van der Waals surface area contributed by atoms with Crippen LogP contribution in [0.1, 0.15) is 42.4 Å². The number of rotatable bonds is 4. The van der Waals surface area contributed by atoms with Crippen LogP contribution in [-0.4, -0.2) is 9.78 Å². The van der Waals surface area contributed by atoms with Gasteiger partial charge in [-0.15, -0.1) is 0 Å². The van der Waals surface area contributed by atoms with Crippen LogP contribution in [0, 0.1) is 20.8 Å². The summed E-state index contributed by atoms with van der Waals surface area (Å²) in [5, 5.41) is 8.11. The third-order valence-electron chi connectivity index (χ3n) is 3.37. The van der Waals surface area contributed by atoms with Crippen LogP contribution in [0.2, 0.25) is 0 Å². The van der Waals surface area contributed by atoms with E-state index in [1.54, 1.807) is 0 Å². The highest BCUT2D eigenvalue weighted by molar-refractivity contribution is 5.52. The first-order valence-corrected chi connectivity index (χ1v) is 6.84. The van der Waals surface area contributed by atoms with Gasteiger partial charge in [-0.3, -0.25) is 4.68 Å². The van der Waals surface area contributed by atoms with Gasteiger partial charge in [0, 0.05) is 12.6 Å². The summed E-state index contributed by atoms with van der Waals surface area (Å²) in [4.78, 5) is 0. The van der Waals surface area contributed by atoms with Gasteiger partial charge in [-0.25, -0.2) is 0 Å². The summed E-state index contributed by atoms with van der Waals surface area (Å²) in [6, 6.07) is 8.98. The van der Waals surface area contributed by atoms with E-state index >= 15 is 0 Å². The Morgan fingerprint density at radius 2 is 1.95 bits per heavy atom. The summed E-state index contributed by atoms with van der Waals surface area (Å²) in [6.45, 7) is 11.5. The van der Waals surface area contributed by atoms with Crippen LogP contribution < -0.4 is 5.32 Å². The quantitative estimate of drug-likeness (QED) is 0.897. The average molecular weight is 257 g/mol. The minimum Gasteiger partial charge on any atom is -0.378 e. The summed E-state index contributed by atoms with van der Waals surface area (Å²) in [6.07, 6.45) is 0. The molecule has 3 nitrogen and oxygen atoms in total. The zero-order valence-corrected chi connectivity index (χ0v) is 12.5. The molecule has 1 N–H and O–H groups in total. The largest absolute Gasteiger partial charge is 0.378 e. The lowest BCUT2D eigenvalue weighted by molar-refractivity contribution is 0.516. The number of nitrogens with one attached hydrogen (secondary N) is 1.